The van der Waals surface area contributed by atoms with Crippen LogP contribution in [0.1, 0.15) is 16.8 Å². The van der Waals surface area contributed by atoms with Gasteiger partial charge in [0.05, 0.1) is 12.8 Å². The molecule has 4 nitrogen and oxygen atoms in total. The van der Waals surface area contributed by atoms with E-state index in [0.717, 1.165) is 32.7 Å². The molecule has 1 aromatic heterocycles. The van der Waals surface area contributed by atoms with Crippen LogP contribution < -0.4 is 5.32 Å². The first-order valence-electron chi connectivity index (χ1n) is 7.06. The summed E-state index contributed by atoms with van der Waals surface area (Å²) in [4.78, 5) is 0. The number of nitrogens with zero attached hydrogens (tertiary/aromatic N) is 2. The SMILES string of the molecule is COCCNCc1cnn(CCc2ccccc2)c1C. The minimum Gasteiger partial charge on any atom is -0.383 e. The van der Waals surface area contributed by atoms with Gasteiger partial charge < -0.3 is 10.1 Å². The second-order valence-electron chi connectivity index (χ2n) is 4.88. The zero-order chi connectivity index (χ0) is 14.2. The van der Waals surface area contributed by atoms with Crippen LogP contribution in [-0.4, -0.2) is 30.0 Å². The lowest BCUT2D eigenvalue weighted by atomic mass is 10.1. The number of aromatic nitrogens is 2. The van der Waals surface area contributed by atoms with Gasteiger partial charge >= 0.3 is 0 Å². The van der Waals surface area contributed by atoms with Crippen LogP contribution in [0.5, 0.6) is 0 Å². The van der Waals surface area contributed by atoms with Gasteiger partial charge in [-0.05, 0) is 18.9 Å². The molecular weight excluding hydrogens is 250 g/mol. The van der Waals surface area contributed by atoms with E-state index >= 15 is 0 Å². The summed E-state index contributed by atoms with van der Waals surface area (Å²) in [7, 11) is 1.72. The highest BCUT2D eigenvalue weighted by Gasteiger charge is 2.05. The quantitative estimate of drug-likeness (QED) is 0.749. The Hall–Kier alpha value is -1.65. The van der Waals surface area contributed by atoms with Gasteiger partial charge in [0.1, 0.15) is 0 Å². The molecule has 0 atom stereocenters. The lowest BCUT2D eigenvalue weighted by molar-refractivity contribution is 0.199. The zero-order valence-electron chi connectivity index (χ0n) is 12.3. The Kier molecular flexibility index (Phi) is 5.77. The maximum atomic E-state index is 5.02. The van der Waals surface area contributed by atoms with E-state index in [9.17, 15) is 0 Å². The van der Waals surface area contributed by atoms with Gasteiger partial charge in [0.15, 0.2) is 0 Å². The fourth-order valence-corrected chi connectivity index (χ4v) is 2.16. The van der Waals surface area contributed by atoms with E-state index in [-0.39, 0.29) is 0 Å². The molecule has 4 heteroatoms. The third-order valence-electron chi connectivity index (χ3n) is 3.46. The number of aryl methyl sites for hydroxylation is 2. The summed E-state index contributed by atoms with van der Waals surface area (Å²) in [6, 6.07) is 10.5. The highest BCUT2D eigenvalue weighted by Crippen LogP contribution is 2.08. The molecule has 2 rings (SSSR count). The molecule has 0 saturated carbocycles. The van der Waals surface area contributed by atoms with E-state index in [1.165, 1.54) is 16.8 Å². The molecule has 2 aromatic rings. The van der Waals surface area contributed by atoms with E-state index < -0.39 is 0 Å². The molecule has 0 aliphatic carbocycles. The Morgan fingerprint density at radius 2 is 2.05 bits per heavy atom. The van der Waals surface area contributed by atoms with Gasteiger partial charge in [-0.2, -0.15) is 5.10 Å². The van der Waals surface area contributed by atoms with Crippen molar-refractivity contribution >= 4 is 0 Å². The summed E-state index contributed by atoms with van der Waals surface area (Å²) < 4.78 is 7.10. The van der Waals surface area contributed by atoms with Crippen LogP contribution in [0.2, 0.25) is 0 Å². The lowest BCUT2D eigenvalue weighted by Gasteiger charge is -2.07. The summed E-state index contributed by atoms with van der Waals surface area (Å²) >= 11 is 0. The van der Waals surface area contributed by atoms with Crippen molar-refractivity contribution in [2.24, 2.45) is 0 Å². The average Bonchev–Trinajstić information content (AvgIpc) is 2.83. The molecule has 0 aliphatic rings. The zero-order valence-corrected chi connectivity index (χ0v) is 12.3. The topological polar surface area (TPSA) is 39.1 Å². The molecule has 0 radical (unpaired) electrons. The van der Waals surface area contributed by atoms with Gasteiger partial charge in [0.25, 0.3) is 0 Å². The first kappa shape index (κ1) is 14.8. The van der Waals surface area contributed by atoms with Crippen molar-refractivity contribution in [1.82, 2.24) is 15.1 Å². The van der Waals surface area contributed by atoms with E-state index in [0.29, 0.717) is 0 Å². The van der Waals surface area contributed by atoms with Gasteiger partial charge in [0, 0.05) is 38.0 Å². The van der Waals surface area contributed by atoms with Crippen molar-refractivity contribution in [3.05, 3.63) is 53.3 Å². The minimum atomic E-state index is 0.737. The van der Waals surface area contributed by atoms with E-state index in [2.05, 4.69) is 46.3 Å². The molecule has 20 heavy (non-hydrogen) atoms. The standard InChI is InChI=1S/C16H23N3O/c1-14-16(12-17-9-11-20-2)13-18-19(14)10-8-15-6-4-3-5-7-15/h3-7,13,17H,8-12H2,1-2H3. The van der Waals surface area contributed by atoms with E-state index in [1.807, 2.05) is 12.3 Å². The van der Waals surface area contributed by atoms with Crippen LogP contribution in [-0.2, 0) is 24.2 Å². The smallest absolute Gasteiger partial charge is 0.0587 e. The van der Waals surface area contributed by atoms with Crippen molar-refractivity contribution in [3.63, 3.8) is 0 Å². The van der Waals surface area contributed by atoms with Crippen molar-refractivity contribution in [2.45, 2.75) is 26.4 Å². The number of nitrogens with one attached hydrogen (secondary N) is 1. The summed E-state index contributed by atoms with van der Waals surface area (Å²) in [5.41, 5.74) is 3.85. The summed E-state index contributed by atoms with van der Waals surface area (Å²) in [6.07, 6.45) is 2.97. The van der Waals surface area contributed by atoms with Crippen molar-refractivity contribution in [1.29, 1.82) is 0 Å². The Bertz CT molecular complexity index is 508. The summed E-state index contributed by atoms with van der Waals surface area (Å²) in [5, 5.41) is 7.83. The number of hydrogen-bond donors (Lipinski definition) is 1. The third kappa shape index (κ3) is 4.18. The Morgan fingerprint density at radius 3 is 2.80 bits per heavy atom. The second-order valence-corrected chi connectivity index (χ2v) is 4.88. The van der Waals surface area contributed by atoms with Crippen molar-refractivity contribution in [2.75, 3.05) is 20.3 Å². The molecule has 1 aromatic carbocycles. The number of ether oxygens (including phenoxy) is 1. The third-order valence-corrected chi connectivity index (χ3v) is 3.46. The van der Waals surface area contributed by atoms with Crippen LogP contribution in [0, 0.1) is 6.92 Å². The van der Waals surface area contributed by atoms with Crippen LogP contribution in [0.3, 0.4) is 0 Å². The fraction of sp³-hybridized carbons (Fsp3) is 0.438. The second kappa shape index (κ2) is 7.82. The van der Waals surface area contributed by atoms with E-state index in [4.69, 9.17) is 4.74 Å². The van der Waals surface area contributed by atoms with Gasteiger partial charge in [-0.15, -0.1) is 0 Å². The summed E-state index contributed by atoms with van der Waals surface area (Å²) in [5.74, 6) is 0. The summed E-state index contributed by atoms with van der Waals surface area (Å²) in [6.45, 7) is 5.51. The molecule has 0 saturated heterocycles. The average molecular weight is 273 g/mol. The Balaban J connectivity index is 1.85. The highest BCUT2D eigenvalue weighted by atomic mass is 16.5. The number of rotatable bonds is 8. The van der Waals surface area contributed by atoms with Crippen LogP contribution >= 0.6 is 0 Å². The number of benzene rings is 1. The molecule has 0 amide bonds. The molecule has 0 spiro atoms. The van der Waals surface area contributed by atoms with Gasteiger partial charge in [-0.3, -0.25) is 4.68 Å². The molecule has 0 bridgehead atoms. The van der Waals surface area contributed by atoms with Crippen LogP contribution in [0.25, 0.3) is 0 Å². The molecule has 0 aliphatic heterocycles. The molecule has 1 heterocycles. The molecular formula is C16H23N3O. The normalized spacial score (nSPS) is 10.9. The van der Waals surface area contributed by atoms with E-state index in [1.54, 1.807) is 7.11 Å². The van der Waals surface area contributed by atoms with Gasteiger partial charge in [-0.1, -0.05) is 30.3 Å². The van der Waals surface area contributed by atoms with Crippen LogP contribution in [0.4, 0.5) is 0 Å². The molecule has 1 N–H and O–H groups in total. The minimum absolute atomic E-state index is 0.737. The molecule has 108 valence electrons. The Labute approximate surface area is 120 Å². The van der Waals surface area contributed by atoms with Crippen molar-refractivity contribution < 1.29 is 4.74 Å². The lowest BCUT2D eigenvalue weighted by Crippen LogP contribution is -2.19. The first-order chi connectivity index (χ1) is 9.81. The predicted octanol–water partition coefficient (Wildman–Crippen LogP) is 2.17. The number of hydrogen-bond acceptors (Lipinski definition) is 3. The van der Waals surface area contributed by atoms with Gasteiger partial charge in [0.2, 0.25) is 0 Å². The largest absolute Gasteiger partial charge is 0.383 e. The number of methoxy groups -OCH3 is 1. The van der Waals surface area contributed by atoms with Crippen LogP contribution in [0.15, 0.2) is 36.5 Å². The first-order valence-corrected chi connectivity index (χ1v) is 7.06. The molecule has 0 unspecified atom stereocenters. The maximum Gasteiger partial charge on any atom is 0.0587 e. The Morgan fingerprint density at radius 1 is 1.25 bits per heavy atom. The van der Waals surface area contributed by atoms with Gasteiger partial charge in [-0.25, -0.2) is 0 Å². The highest BCUT2D eigenvalue weighted by molar-refractivity contribution is 5.17. The maximum absolute atomic E-state index is 5.02. The van der Waals surface area contributed by atoms with Crippen molar-refractivity contribution in [3.8, 4) is 0 Å². The predicted molar refractivity (Wildman–Crippen MR) is 80.7 cm³/mol. The fourth-order valence-electron chi connectivity index (χ4n) is 2.16. The molecule has 0 fully saturated rings. The monoisotopic (exact) mass is 273 g/mol.